The maximum atomic E-state index is 12.9. The van der Waals surface area contributed by atoms with E-state index in [0.717, 1.165) is 23.4 Å². The summed E-state index contributed by atoms with van der Waals surface area (Å²) >= 11 is 5.95. The molecule has 0 atom stereocenters. The molecule has 34 heavy (non-hydrogen) atoms. The van der Waals surface area contributed by atoms with Crippen molar-refractivity contribution >= 4 is 34.5 Å². The standard InChI is InChI=1S/C25H24ClN3O5/c1-14-11-19(15(2)29(14)10-9-17-5-7-18(26)8-6-17)20(30)12-33-25(32)21-16(3)34-23-22(21)24(31)28(4)13-27-23/h5-8,11,13H,9-10,12H2,1-4H3. The van der Waals surface area contributed by atoms with Gasteiger partial charge in [-0.1, -0.05) is 23.7 Å². The number of hydrogen-bond donors (Lipinski definition) is 0. The number of ketones is 1. The SMILES string of the molecule is Cc1oc2ncn(C)c(=O)c2c1C(=O)OCC(=O)c1cc(C)n(CCc2ccc(Cl)cc2)c1C. The zero-order valence-corrected chi connectivity index (χ0v) is 20.1. The third kappa shape index (κ3) is 4.41. The van der Waals surface area contributed by atoms with Crippen LogP contribution in [0.1, 0.15) is 43.4 Å². The van der Waals surface area contributed by atoms with Gasteiger partial charge in [-0.15, -0.1) is 0 Å². The van der Waals surface area contributed by atoms with Crippen LogP contribution in [0.2, 0.25) is 5.02 Å². The lowest BCUT2D eigenvalue weighted by Gasteiger charge is -2.10. The van der Waals surface area contributed by atoms with Gasteiger partial charge in [-0.05, 0) is 51.0 Å². The van der Waals surface area contributed by atoms with Gasteiger partial charge in [0.1, 0.15) is 23.0 Å². The molecule has 0 saturated carbocycles. The number of furan rings is 1. The number of Topliss-reactive ketones (excluding diaryl/α,β-unsaturated/α-hetero) is 1. The Kier molecular flexibility index (Phi) is 6.43. The van der Waals surface area contributed by atoms with Gasteiger partial charge in [0, 0.05) is 35.6 Å². The number of benzene rings is 1. The zero-order chi connectivity index (χ0) is 24.6. The third-order valence-electron chi connectivity index (χ3n) is 5.90. The van der Waals surface area contributed by atoms with E-state index in [4.69, 9.17) is 20.8 Å². The second-order valence-corrected chi connectivity index (χ2v) is 8.62. The Morgan fingerprint density at radius 1 is 1.15 bits per heavy atom. The number of aryl methyl sites for hydroxylation is 4. The van der Waals surface area contributed by atoms with Crippen molar-refractivity contribution in [3.63, 3.8) is 0 Å². The molecular formula is C25H24ClN3O5. The van der Waals surface area contributed by atoms with Crippen molar-refractivity contribution in [2.24, 2.45) is 7.05 Å². The number of esters is 1. The van der Waals surface area contributed by atoms with E-state index in [1.54, 1.807) is 13.0 Å². The molecule has 0 aliphatic carbocycles. The second kappa shape index (κ2) is 9.30. The summed E-state index contributed by atoms with van der Waals surface area (Å²) in [6, 6.07) is 9.46. The van der Waals surface area contributed by atoms with Gasteiger partial charge in [0.15, 0.2) is 6.61 Å². The van der Waals surface area contributed by atoms with Crippen molar-refractivity contribution in [2.45, 2.75) is 33.7 Å². The summed E-state index contributed by atoms with van der Waals surface area (Å²) in [5, 5.41) is 0.732. The molecule has 0 saturated heterocycles. The lowest BCUT2D eigenvalue weighted by Crippen LogP contribution is -2.20. The molecule has 0 radical (unpaired) electrons. The average molecular weight is 482 g/mol. The Balaban J connectivity index is 1.48. The van der Waals surface area contributed by atoms with Gasteiger partial charge >= 0.3 is 5.97 Å². The van der Waals surface area contributed by atoms with E-state index in [2.05, 4.69) is 9.55 Å². The molecule has 3 heterocycles. The minimum Gasteiger partial charge on any atom is -0.454 e. The highest BCUT2D eigenvalue weighted by atomic mass is 35.5. The number of carbonyl (C=O) groups excluding carboxylic acids is 2. The smallest absolute Gasteiger partial charge is 0.343 e. The third-order valence-corrected chi connectivity index (χ3v) is 6.15. The van der Waals surface area contributed by atoms with Gasteiger partial charge < -0.3 is 18.3 Å². The first-order chi connectivity index (χ1) is 16.2. The van der Waals surface area contributed by atoms with Crippen LogP contribution in [0.15, 0.2) is 45.9 Å². The highest BCUT2D eigenvalue weighted by molar-refractivity contribution is 6.30. The van der Waals surface area contributed by atoms with Gasteiger partial charge in [-0.25, -0.2) is 9.78 Å². The van der Waals surface area contributed by atoms with Crippen LogP contribution in [0.25, 0.3) is 11.1 Å². The maximum Gasteiger partial charge on any atom is 0.343 e. The van der Waals surface area contributed by atoms with E-state index in [9.17, 15) is 14.4 Å². The minimum absolute atomic E-state index is 0.00932. The molecule has 0 amide bonds. The predicted octanol–water partition coefficient (Wildman–Crippen LogP) is 4.19. The quantitative estimate of drug-likeness (QED) is 0.290. The first-order valence-electron chi connectivity index (χ1n) is 10.7. The van der Waals surface area contributed by atoms with Crippen molar-refractivity contribution in [3.05, 3.63) is 85.9 Å². The van der Waals surface area contributed by atoms with Crippen molar-refractivity contribution in [2.75, 3.05) is 6.61 Å². The highest BCUT2D eigenvalue weighted by Gasteiger charge is 2.25. The van der Waals surface area contributed by atoms with Crippen LogP contribution >= 0.6 is 11.6 Å². The van der Waals surface area contributed by atoms with Crippen LogP contribution in [-0.2, 0) is 24.8 Å². The largest absolute Gasteiger partial charge is 0.454 e. The first kappa shape index (κ1) is 23.5. The van der Waals surface area contributed by atoms with Crippen molar-refractivity contribution in [3.8, 4) is 0 Å². The monoisotopic (exact) mass is 481 g/mol. The fraction of sp³-hybridized carbons (Fsp3) is 0.280. The molecule has 4 aromatic rings. The Hall–Kier alpha value is -3.65. The molecule has 0 aliphatic rings. The van der Waals surface area contributed by atoms with Crippen molar-refractivity contribution in [1.29, 1.82) is 0 Å². The topological polar surface area (TPSA) is 96.3 Å². The van der Waals surface area contributed by atoms with Crippen LogP contribution in [0.4, 0.5) is 0 Å². The van der Waals surface area contributed by atoms with E-state index >= 15 is 0 Å². The lowest BCUT2D eigenvalue weighted by molar-refractivity contribution is 0.0474. The minimum atomic E-state index is -0.800. The molecule has 0 fully saturated rings. The van der Waals surface area contributed by atoms with E-state index in [1.807, 2.05) is 38.1 Å². The first-order valence-corrected chi connectivity index (χ1v) is 11.1. The van der Waals surface area contributed by atoms with Gasteiger partial charge in [-0.2, -0.15) is 0 Å². The van der Waals surface area contributed by atoms with Gasteiger partial charge in [0.05, 0.1) is 0 Å². The number of fused-ring (bicyclic) bond motifs is 1. The summed E-state index contributed by atoms with van der Waals surface area (Å²) in [6.07, 6.45) is 2.10. The summed E-state index contributed by atoms with van der Waals surface area (Å²) in [6.45, 7) is 5.60. The summed E-state index contributed by atoms with van der Waals surface area (Å²) in [4.78, 5) is 42.1. The molecule has 3 aromatic heterocycles. The molecule has 0 spiro atoms. The molecule has 0 unspecified atom stereocenters. The van der Waals surface area contributed by atoms with Crippen LogP contribution in [0.3, 0.4) is 0 Å². The van der Waals surface area contributed by atoms with E-state index in [-0.39, 0.29) is 28.2 Å². The lowest BCUT2D eigenvalue weighted by atomic mass is 10.1. The molecule has 0 N–H and O–H groups in total. The summed E-state index contributed by atoms with van der Waals surface area (Å²) in [5.41, 5.74) is 3.00. The van der Waals surface area contributed by atoms with Crippen molar-refractivity contribution in [1.82, 2.24) is 14.1 Å². The number of hydrogen-bond acceptors (Lipinski definition) is 6. The molecule has 176 valence electrons. The van der Waals surface area contributed by atoms with E-state index in [0.29, 0.717) is 17.1 Å². The van der Waals surface area contributed by atoms with Crippen molar-refractivity contribution < 1.29 is 18.7 Å². The molecule has 1 aromatic carbocycles. The maximum absolute atomic E-state index is 12.9. The van der Waals surface area contributed by atoms with E-state index < -0.39 is 18.1 Å². The summed E-state index contributed by atoms with van der Waals surface area (Å²) < 4.78 is 14.0. The van der Waals surface area contributed by atoms with Gasteiger partial charge in [0.2, 0.25) is 11.5 Å². The Bertz CT molecular complexity index is 1460. The predicted molar refractivity (Wildman–Crippen MR) is 128 cm³/mol. The number of nitrogens with zero attached hydrogens (tertiary/aromatic N) is 3. The molecule has 9 heteroatoms. The van der Waals surface area contributed by atoms with Gasteiger partial charge in [0.25, 0.3) is 5.56 Å². The number of aromatic nitrogens is 3. The second-order valence-electron chi connectivity index (χ2n) is 8.19. The van der Waals surface area contributed by atoms with Crippen LogP contribution in [-0.4, -0.2) is 32.5 Å². The molecule has 0 bridgehead atoms. The fourth-order valence-corrected chi connectivity index (χ4v) is 4.16. The molecular weight excluding hydrogens is 458 g/mol. The normalized spacial score (nSPS) is 11.2. The van der Waals surface area contributed by atoms with Crippen LogP contribution in [0, 0.1) is 20.8 Å². The number of rotatable bonds is 7. The zero-order valence-electron chi connectivity index (χ0n) is 19.3. The number of carbonyl (C=O) groups is 2. The van der Waals surface area contributed by atoms with Crippen LogP contribution in [0.5, 0.6) is 0 Å². The van der Waals surface area contributed by atoms with Crippen LogP contribution < -0.4 is 5.56 Å². The Morgan fingerprint density at radius 2 is 1.85 bits per heavy atom. The molecule has 4 rings (SSSR count). The number of halogens is 1. The number of ether oxygens (including phenoxy) is 1. The van der Waals surface area contributed by atoms with Gasteiger partial charge in [-0.3, -0.25) is 9.59 Å². The fourth-order valence-electron chi connectivity index (χ4n) is 4.03. The summed E-state index contributed by atoms with van der Waals surface area (Å²) in [5.74, 6) is -0.912. The molecule has 0 aliphatic heterocycles. The average Bonchev–Trinajstić information content (AvgIpc) is 3.30. The van der Waals surface area contributed by atoms with E-state index in [1.165, 1.54) is 17.9 Å². The summed E-state index contributed by atoms with van der Waals surface area (Å²) in [7, 11) is 1.53. The molecule has 8 nitrogen and oxygen atoms in total. The highest BCUT2D eigenvalue weighted by Crippen LogP contribution is 2.22. The Labute approximate surface area is 200 Å². The Morgan fingerprint density at radius 3 is 2.56 bits per heavy atom.